The number of anilines is 1. The number of ether oxygens (including phenoxy) is 1. The minimum absolute atomic E-state index is 0.161. The summed E-state index contributed by atoms with van der Waals surface area (Å²) in [5.41, 5.74) is 0.00772. The van der Waals surface area contributed by atoms with E-state index in [1.54, 1.807) is 11.0 Å². The number of carboxylic acid groups (broad SMARTS) is 1. The predicted molar refractivity (Wildman–Crippen MR) is 87.7 cm³/mol. The number of carbonyl (C=O) groups excluding carboxylic acids is 1. The zero-order chi connectivity index (χ0) is 16.5. The molecule has 0 saturated carbocycles. The first kappa shape index (κ1) is 13.7. The van der Waals surface area contributed by atoms with Gasteiger partial charge in [0.05, 0.1) is 24.3 Å². The van der Waals surface area contributed by atoms with Crippen molar-refractivity contribution in [1.82, 2.24) is 0 Å². The minimum Gasteiger partial charge on any atom is -0.481 e. The Balaban J connectivity index is 1.64. The summed E-state index contributed by atoms with van der Waals surface area (Å²) in [6.45, 7) is 0.362. The Morgan fingerprint density at radius 1 is 1.21 bits per heavy atom. The maximum Gasteiger partial charge on any atom is 0.310 e. The summed E-state index contributed by atoms with van der Waals surface area (Å²) in [7, 11) is 0. The van der Waals surface area contributed by atoms with Crippen molar-refractivity contribution >= 4 is 28.3 Å². The first-order chi connectivity index (χ1) is 11.6. The van der Waals surface area contributed by atoms with Crippen molar-refractivity contribution in [3.63, 3.8) is 0 Å². The number of rotatable bonds is 2. The fourth-order valence-electron chi connectivity index (χ4n) is 4.43. The molecule has 5 rings (SSSR count). The molecule has 3 aliphatic rings. The zero-order valence-corrected chi connectivity index (χ0v) is 12.8. The van der Waals surface area contributed by atoms with Crippen LogP contribution in [0.1, 0.15) is 0 Å². The molecule has 2 saturated heterocycles. The lowest BCUT2D eigenvalue weighted by Crippen LogP contribution is -2.39. The third kappa shape index (κ3) is 1.57. The van der Waals surface area contributed by atoms with Crippen molar-refractivity contribution in [3.05, 3.63) is 54.6 Å². The van der Waals surface area contributed by atoms with E-state index in [1.807, 2.05) is 48.5 Å². The van der Waals surface area contributed by atoms with Crippen molar-refractivity contribution in [2.24, 2.45) is 11.8 Å². The molecule has 0 aliphatic carbocycles. The van der Waals surface area contributed by atoms with E-state index in [1.165, 1.54) is 0 Å². The first-order valence-electron chi connectivity index (χ1n) is 8.00. The average molecular weight is 321 g/mol. The number of hydrogen-bond donors (Lipinski definition) is 1. The summed E-state index contributed by atoms with van der Waals surface area (Å²) in [4.78, 5) is 26.4. The third-order valence-corrected chi connectivity index (χ3v) is 5.44. The lowest BCUT2D eigenvalue weighted by Gasteiger charge is -2.22. The van der Waals surface area contributed by atoms with Crippen molar-refractivity contribution < 1.29 is 19.4 Å². The summed E-state index contributed by atoms with van der Waals surface area (Å²) >= 11 is 0. The lowest BCUT2D eigenvalue weighted by atomic mass is 9.77. The highest BCUT2D eigenvalue weighted by atomic mass is 16.5. The molecular weight excluding hydrogens is 306 g/mol. The maximum absolute atomic E-state index is 13.1. The highest BCUT2D eigenvalue weighted by Gasteiger charge is 2.67. The van der Waals surface area contributed by atoms with E-state index >= 15 is 0 Å². The second-order valence-electron chi connectivity index (χ2n) is 6.66. The number of hydrogen-bond acceptors (Lipinski definition) is 3. The molecule has 0 unspecified atom stereocenters. The van der Waals surface area contributed by atoms with E-state index in [0.29, 0.717) is 6.54 Å². The SMILES string of the molecule is O=C(O)[C@@H]1[C@@H]2C=C[C@@]3(CN(c4cccc5ccccc45)C(=O)[C@@H]13)O2. The quantitative estimate of drug-likeness (QED) is 0.861. The summed E-state index contributed by atoms with van der Waals surface area (Å²) in [5.74, 6) is -2.58. The maximum atomic E-state index is 13.1. The van der Waals surface area contributed by atoms with Crippen LogP contribution < -0.4 is 4.90 Å². The van der Waals surface area contributed by atoms with Gasteiger partial charge < -0.3 is 14.7 Å². The Labute approximate surface area is 138 Å². The van der Waals surface area contributed by atoms with Gasteiger partial charge in [-0.25, -0.2) is 0 Å². The van der Waals surface area contributed by atoms with Crippen LogP contribution in [0, 0.1) is 11.8 Å². The van der Waals surface area contributed by atoms with Gasteiger partial charge in [-0.2, -0.15) is 0 Å². The number of benzene rings is 2. The van der Waals surface area contributed by atoms with Crippen molar-refractivity contribution in [2.75, 3.05) is 11.4 Å². The van der Waals surface area contributed by atoms with Crippen LogP contribution in [-0.4, -0.2) is 35.2 Å². The molecule has 2 aromatic carbocycles. The monoisotopic (exact) mass is 321 g/mol. The molecule has 1 spiro atoms. The van der Waals surface area contributed by atoms with Gasteiger partial charge in [0.2, 0.25) is 5.91 Å². The second kappa shape index (κ2) is 4.45. The molecule has 2 fully saturated rings. The molecule has 3 heterocycles. The van der Waals surface area contributed by atoms with Crippen LogP contribution >= 0.6 is 0 Å². The van der Waals surface area contributed by atoms with Crippen LogP contribution in [0.5, 0.6) is 0 Å². The number of aliphatic carboxylic acids is 1. The van der Waals surface area contributed by atoms with Gasteiger partial charge in [0, 0.05) is 5.39 Å². The van der Waals surface area contributed by atoms with E-state index in [4.69, 9.17) is 4.74 Å². The van der Waals surface area contributed by atoms with Gasteiger partial charge in [-0.15, -0.1) is 0 Å². The van der Waals surface area contributed by atoms with E-state index < -0.39 is 29.5 Å². The van der Waals surface area contributed by atoms with E-state index in [0.717, 1.165) is 16.5 Å². The van der Waals surface area contributed by atoms with Crippen LogP contribution in [0.15, 0.2) is 54.6 Å². The number of fused-ring (bicyclic) bond motifs is 2. The van der Waals surface area contributed by atoms with Gasteiger partial charge in [-0.3, -0.25) is 9.59 Å². The molecule has 120 valence electrons. The molecule has 1 amide bonds. The number of nitrogens with zero attached hydrogens (tertiary/aromatic N) is 1. The highest BCUT2D eigenvalue weighted by Crippen LogP contribution is 2.53. The molecule has 2 aromatic rings. The van der Waals surface area contributed by atoms with Gasteiger partial charge >= 0.3 is 5.97 Å². The Hall–Kier alpha value is -2.66. The molecule has 24 heavy (non-hydrogen) atoms. The molecule has 0 radical (unpaired) electrons. The molecule has 0 aromatic heterocycles. The lowest BCUT2D eigenvalue weighted by molar-refractivity contribution is -0.146. The second-order valence-corrected chi connectivity index (χ2v) is 6.66. The van der Waals surface area contributed by atoms with Gasteiger partial charge in [-0.05, 0) is 11.5 Å². The summed E-state index contributed by atoms with van der Waals surface area (Å²) in [6.07, 6.45) is 3.17. The van der Waals surface area contributed by atoms with Crippen LogP contribution in [0.2, 0.25) is 0 Å². The largest absolute Gasteiger partial charge is 0.481 e. The Morgan fingerprint density at radius 2 is 2.00 bits per heavy atom. The van der Waals surface area contributed by atoms with Crippen LogP contribution in [-0.2, 0) is 14.3 Å². The van der Waals surface area contributed by atoms with Crippen LogP contribution in [0.4, 0.5) is 5.69 Å². The third-order valence-electron chi connectivity index (χ3n) is 5.44. The number of amides is 1. The molecule has 1 N–H and O–H groups in total. The van der Waals surface area contributed by atoms with Crippen LogP contribution in [0.25, 0.3) is 10.8 Å². The Kier molecular flexibility index (Phi) is 2.55. The van der Waals surface area contributed by atoms with E-state index in [-0.39, 0.29) is 5.91 Å². The molecule has 3 aliphatic heterocycles. The summed E-state index contributed by atoms with van der Waals surface area (Å²) < 4.78 is 5.94. The number of carbonyl (C=O) groups is 2. The Morgan fingerprint density at radius 3 is 2.83 bits per heavy atom. The standard InChI is InChI=1S/C19H15NO4/c21-17-16-15(18(22)23)14-8-9-19(16,24-14)10-20(17)13-7-3-5-11-4-1-2-6-12(11)13/h1-9,14-16H,10H2,(H,22,23)/t14-,15+,16+,19-/m0/s1. The van der Waals surface area contributed by atoms with Gasteiger partial charge in [0.25, 0.3) is 0 Å². The molecule has 2 bridgehead atoms. The molecule has 5 heteroatoms. The predicted octanol–water partition coefficient (Wildman–Crippen LogP) is 2.21. The summed E-state index contributed by atoms with van der Waals surface area (Å²) in [5, 5.41) is 11.6. The Bertz CT molecular complexity index is 915. The fraction of sp³-hybridized carbons (Fsp3) is 0.263. The smallest absolute Gasteiger partial charge is 0.310 e. The van der Waals surface area contributed by atoms with Crippen molar-refractivity contribution in [2.45, 2.75) is 11.7 Å². The average Bonchev–Trinajstić information content (AvgIpc) is 3.22. The topological polar surface area (TPSA) is 66.8 Å². The molecule has 5 nitrogen and oxygen atoms in total. The molecule has 4 atom stereocenters. The highest BCUT2D eigenvalue weighted by molar-refractivity contribution is 6.08. The molecular formula is C19H15NO4. The summed E-state index contributed by atoms with van der Waals surface area (Å²) in [6, 6.07) is 13.7. The van der Waals surface area contributed by atoms with Gasteiger partial charge in [0.1, 0.15) is 11.5 Å². The van der Waals surface area contributed by atoms with Crippen molar-refractivity contribution in [3.8, 4) is 0 Å². The zero-order valence-electron chi connectivity index (χ0n) is 12.8. The van der Waals surface area contributed by atoms with Gasteiger partial charge in [0.15, 0.2) is 0 Å². The fourth-order valence-corrected chi connectivity index (χ4v) is 4.43. The van der Waals surface area contributed by atoms with Crippen molar-refractivity contribution in [1.29, 1.82) is 0 Å². The van der Waals surface area contributed by atoms with E-state index in [9.17, 15) is 14.7 Å². The number of carboxylic acids is 1. The first-order valence-corrected chi connectivity index (χ1v) is 8.00. The normalized spacial score (nSPS) is 33.4. The van der Waals surface area contributed by atoms with Crippen LogP contribution in [0.3, 0.4) is 0 Å². The minimum atomic E-state index is -0.968. The van der Waals surface area contributed by atoms with E-state index in [2.05, 4.69) is 0 Å². The van der Waals surface area contributed by atoms with Gasteiger partial charge in [-0.1, -0.05) is 48.6 Å².